The lowest BCUT2D eigenvalue weighted by Gasteiger charge is -2.28. The number of nitrogens with zero attached hydrogens (tertiary/aromatic N) is 2. The van der Waals surface area contributed by atoms with Crippen molar-refractivity contribution >= 4 is 28.6 Å². The number of fused-ring (bicyclic) bond motifs is 2. The molecule has 2 aromatic rings. The van der Waals surface area contributed by atoms with Gasteiger partial charge in [-0.2, -0.15) is 0 Å². The van der Waals surface area contributed by atoms with Crippen molar-refractivity contribution in [3.05, 3.63) is 30.0 Å². The molecule has 1 unspecified atom stereocenters. The van der Waals surface area contributed by atoms with Crippen molar-refractivity contribution in [1.29, 1.82) is 0 Å². The highest BCUT2D eigenvalue weighted by molar-refractivity contribution is 6.02. The van der Waals surface area contributed by atoms with Gasteiger partial charge in [-0.1, -0.05) is 0 Å². The topological polar surface area (TPSA) is 127 Å². The lowest BCUT2D eigenvalue weighted by molar-refractivity contribution is 0.0997. The Morgan fingerprint density at radius 2 is 2.35 bits per heavy atom. The molecule has 136 valence electrons. The van der Waals surface area contributed by atoms with Crippen molar-refractivity contribution in [2.24, 2.45) is 5.73 Å². The maximum atomic E-state index is 11.6. The summed E-state index contributed by atoms with van der Waals surface area (Å²) in [5.74, 6) is -0.250. The number of hydrogen-bond acceptors (Lipinski definition) is 7. The summed E-state index contributed by atoms with van der Waals surface area (Å²) in [6, 6.07) is 4.53. The molecule has 4 N–H and O–H groups in total. The van der Waals surface area contributed by atoms with Gasteiger partial charge in [0.1, 0.15) is 11.9 Å². The van der Waals surface area contributed by atoms with Crippen LogP contribution < -0.4 is 20.7 Å². The Morgan fingerprint density at radius 3 is 3.04 bits per heavy atom. The Kier molecular flexibility index (Phi) is 3.80. The fourth-order valence-corrected chi connectivity index (χ4v) is 3.74. The SMILES string of the molecule is COc1cc2c(N3C[C@H]4NC(=O)O[C@H]4C3CO)ccnc2cc1C(N)=O. The molecule has 1 aromatic heterocycles. The molecule has 3 atom stereocenters. The molecule has 9 nitrogen and oxygen atoms in total. The van der Waals surface area contributed by atoms with Gasteiger partial charge in [-0.15, -0.1) is 0 Å². The minimum Gasteiger partial charge on any atom is -0.496 e. The molecule has 2 amide bonds. The summed E-state index contributed by atoms with van der Waals surface area (Å²) < 4.78 is 10.6. The van der Waals surface area contributed by atoms with Gasteiger partial charge in [-0.05, 0) is 18.2 Å². The van der Waals surface area contributed by atoms with Crippen molar-refractivity contribution < 1.29 is 24.2 Å². The second-order valence-electron chi connectivity index (χ2n) is 6.29. The number of methoxy groups -OCH3 is 1. The van der Waals surface area contributed by atoms with E-state index in [1.54, 1.807) is 18.3 Å². The number of aliphatic hydroxyl groups is 1. The quantitative estimate of drug-likeness (QED) is 0.702. The zero-order valence-corrected chi connectivity index (χ0v) is 14.0. The van der Waals surface area contributed by atoms with Crippen LogP contribution in [0.4, 0.5) is 10.5 Å². The average Bonchev–Trinajstić information content (AvgIpc) is 3.15. The number of nitrogens with one attached hydrogen (secondary N) is 1. The molecule has 4 rings (SSSR count). The standard InChI is InChI=1S/C17H18N4O5/c1-25-14-5-8-10(4-9(14)16(18)23)19-3-2-12(8)21-6-11-15(13(21)7-22)26-17(24)20-11/h2-5,11,13,15,22H,6-7H2,1H3,(H2,18,23)(H,20,24)/t11-,13?,15-/m1/s1. The van der Waals surface area contributed by atoms with Crippen LogP contribution in [0.25, 0.3) is 10.9 Å². The number of aromatic nitrogens is 1. The number of hydrogen-bond donors (Lipinski definition) is 3. The molecular formula is C17H18N4O5. The first-order chi connectivity index (χ1) is 12.5. The van der Waals surface area contributed by atoms with E-state index in [0.29, 0.717) is 17.8 Å². The minimum atomic E-state index is -0.601. The Labute approximate surface area is 148 Å². The number of benzene rings is 1. The predicted molar refractivity (Wildman–Crippen MR) is 92.2 cm³/mol. The molecule has 1 aromatic carbocycles. The molecule has 2 saturated heterocycles. The fourth-order valence-electron chi connectivity index (χ4n) is 3.74. The molecule has 0 spiro atoms. The monoisotopic (exact) mass is 358 g/mol. The van der Waals surface area contributed by atoms with Gasteiger partial charge in [0.2, 0.25) is 0 Å². The second kappa shape index (κ2) is 6.03. The van der Waals surface area contributed by atoms with E-state index in [2.05, 4.69) is 10.3 Å². The van der Waals surface area contributed by atoms with Crippen molar-refractivity contribution in [2.45, 2.75) is 18.2 Å². The van der Waals surface area contributed by atoms with Gasteiger partial charge in [0.05, 0.1) is 36.9 Å². The molecule has 2 aliphatic heterocycles. The molecule has 2 aliphatic rings. The van der Waals surface area contributed by atoms with E-state index in [-0.39, 0.29) is 24.3 Å². The van der Waals surface area contributed by atoms with Crippen molar-refractivity contribution in [3.8, 4) is 5.75 Å². The van der Waals surface area contributed by atoms with E-state index in [1.807, 2.05) is 11.0 Å². The van der Waals surface area contributed by atoms with Gasteiger partial charge in [-0.25, -0.2) is 4.79 Å². The van der Waals surface area contributed by atoms with Gasteiger partial charge >= 0.3 is 6.09 Å². The smallest absolute Gasteiger partial charge is 0.407 e. The molecule has 9 heteroatoms. The summed E-state index contributed by atoms with van der Waals surface area (Å²) in [4.78, 5) is 29.4. The van der Waals surface area contributed by atoms with Crippen LogP contribution in [0.15, 0.2) is 24.4 Å². The number of carbonyl (C=O) groups excluding carboxylic acids is 2. The molecule has 0 saturated carbocycles. The summed E-state index contributed by atoms with van der Waals surface area (Å²) >= 11 is 0. The van der Waals surface area contributed by atoms with E-state index < -0.39 is 18.1 Å². The van der Waals surface area contributed by atoms with Crippen molar-refractivity contribution in [3.63, 3.8) is 0 Å². The first kappa shape index (κ1) is 16.4. The van der Waals surface area contributed by atoms with Gasteiger partial charge in [0, 0.05) is 23.8 Å². The molecule has 3 heterocycles. The van der Waals surface area contributed by atoms with Crippen molar-refractivity contribution in [1.82, 2.24) is 10.3 Å². The van der Waals surface area contributed by atoms with Crippen LogP contribution in [0.1, 0.15) is 10.4 Å². The molecule has 0 aliphatic carbocycles. The minimum absolute atomic E-state index is 0.170. The largest absolute Gasteiger partial charge is 0.496 e. The van der Waals surface area contributed by atoms with Gasteiger partial charge in [0.25, 0.3) is 5.91 Å². The average molecular weight is 358 g/mol. The molecule has 0 radical (unpaired) electrons. The maximum absolute atomic E-state index is 11.6. The summed E-state index contributed by atoms with van der Waals surface area (Å²) in [7, 11) is 1.46. The number of anilines is 1. The number of ether oxygens (including phenoxy) is 2. The van der Waals surface area contributed by atoms with E-state index in [1.165, 1.54) is 7.11 Å². The highest BCUT2D eigenvalue weighted by Gasteiger charge is 2.49. The first-order valence-corrected chi connectivity index (χ1v) is 8.14. The highest BCUT2D eigenvalue weighted by Crippen LogP contribution is 2.36. The van der Waals surface area contributed by atoms with Crippen LogP contribution in [0, 0.1) is 0 Å². The summed E-state index contributed by atoms with van der Waals surface area (Å²) in [6.07, 6.45) is 0.727. The predicted octanol–water partition coefficient (Wildman–Crippen LogP) is 0.000200. The maximum Gasteiger partial charge on any atom is 0.407 e. The number of nitrogens with two attached hydrogens (primary N) is 1. The fraction of sp³-hybridized carbons (Fsp3) is 0.353. The second-order valence-corrected chi connectivity index (χ2v) is 6.29. The van der Waals surface area contributed by atoms with Gasteiger partial charge in [-0.3, -0.25) is 9.78 Å². The van der Waals surface area contributed by atoms with Gasteiger partial charge in [0.15, 0.2) is 0 Å². The van der Waals surface area contributed by atoms with Gasteiger partial charge < -0.3 is 30.5 Å². The lowest BCUT2D eigenvalue weighted by Crippen LogP contribution is -2.39. The van der Waals surface area contributed by atoms with Crippen LogP contribution in [0.3, 0.4) is 0 Å². The lowest BCUT2D eigenvalue weighted by atomic mass is 10.1. The Bertz CT molecular complexity index is 902. The van der Waals surface area contributed by atoms with Crippen LogP contribution in [0.5, 0.6) is 5.75 Å². The summed E-state index contributed by atoms with van der Waals surface area (Å²) in [5.41, 5.74) is 7.04. The van der Waals surface area contributed by atoms with Crippen LogP contribution in [-0.4, -0.2) is 60.5 Å². The Hall–Kier alpha value is -3.07. The van der Waals surface area contributed by atoms with Crippen LogP contribution in [0.2, 0.25) is 0 Å². The van der Waals surface area contributed by atoms with Crippen LogP contribution in [-0.2, 0) is 4.74 Å². The third kappa shape index (κ3) is 2.39. The number of rotatable bonds is 4. The Morgan fingerprint density at radius 1 is 1.54 bits per heavy atom. The normalized spacial score (nSPS) is 24.3. The summed E-state index contributed by atoms with van der Waals surface area (Å²) in [5, 5.41) is 13.4. The summed E-state index contributed by atoms with van der Waals surface area (Å²) in [6.45, 7) is 0.317. The number of pyridine rings is 1. The number of primary amides is 1. The molecule has 0 bridgehead atoms. The van der Waals surface area contributed by atoms with E-state index >= 15 is 0 Å². The number of alkyl carbamates (subject to hydrolysis) is 1. The molecule has 2 fully saturated rings. The third-order valence-electron chi connectivity index (χ3n) is 4.92. The van der Waals surface area contributed by atoms with E-state index in [4.69, 9.17) is 15.2 Å². The van der Waals surface area contributed by atoms with E-state index in [0.717, 1.165) is 11.1 Å². The molecular weight excluding hydrogens is 340 g/mol. The number of carbonyl (C=O) groups is 2. The zero-order valence-electron chi connectivity index (χ0n) is 14.0. The molecule has 26 heavy (non-hydrogen) atoms. The zero-order chi connectivity index (χ0) is 18.4. The van der Waals surface area contributed by atoms with E-state index in [9.17, 15) is 14.7 Å². The number of amides is 2. The number of aliphatic hydroxyl groups excluding tert-OH is 1. The Balaban J connectivity index is 1.82. The highest BCUT2D eigenvalue weighted by atomic mass is 16.6. The third-order valence-corrected chi connectivity index (χ3v) is 4.92. The first-order valence-electron chi connectivity index (χ1n) is 8.14. The van der Waals surface area contributed by atoms with Crippen LogP contribution >= 0.6 is 0 Å². The van der Waals surface area contributed by atoms with Crippen molar-refractivity contribution in [2.75, 3.05) is 25.2 Å².